The van der Waals surface area contributed by atoms with Gasteiger partial charge in [-0.25, -0.2) is 0 Å². The Morgan fingerprint density at radius 1 is 1.08 bits per heavy atom. The fourth-order valence-electron chi connectivity index (χ4n) is 2.67. The van der Waals surface area contributed by atoms with Crippen molar-refractivity contribution in [2.45, 2.75) is 6.42 Å². The minimum absolute atomic E-state index is 0.119. The number of carbonyl (C=O) groups excluding carboxylic acids is 1. The van der Waals surface area contributed by atoms with Gasteiger partial charge in [0.15, 0.2) is 0 Å². The number of fused-ring (bicyclic) bond motifs is 2. The summed E-state index contributed by atoms with van der Waals surface area (Å²) in [6.07, 6.45) is 2.46. The predicted octanol–water partition coefficient (Wildman–Crippen LogP) is 3.44. The van der Waals surface area contributed by atoms with E-state index in [-0.39, 0.29) is 5.91 Å². The van der Waals surface area contributed by atoms with Crippen LogP contribution in [0, 0.1) is 0 Å². The van der Waals surface area contributed by atoms with Crippen molar-refractivity contribution in [3.05, 3.63) is 60.3 Å². The number of amides is 1. The second-order valence-corrected chi connectivity index (χ2v) is 6.29. The molecule has 0 aliphatic rings. The lowest BCUT2D eigenvalue weighted by molar-refractivity contribution is 0.0951. The molecule has 2 heterocycles. The zero-order valence-electron chi connectivity index (χ0n) is 13.9. The van der Waals surface area contributed by atoms with Crippen LogP contribution in [-0.4, -0.2) is 32.8 Å². The summed E-state index contributed by atoms with van der Waals surface area (Å²) in [4.78, 5) is 16.6. The molecule has 0 atom stereocenters. The Morgan fingerprint density at radius 2 is 1.96 bits per heavy atom. The van der Waals surface area contributed by atoms with Crippen molar-refractivity contribution in [1.82, 2.24) is 19.0 Å². The monoisotopic (exact) mass is 364 g/mol. The normalized spacial score (nSPS) is 10.9. The van der Waals surface area contributed by atoms with Crippen LogP contribution in [-0.2, 0) is 0 Å². The number of nitrogens with one attached hydrogen (secondary N) is 1. The van der Waals surface area contributed by atoms with Crippen LogP contribution in [0.2, 0.25) is 0 Å². The zero-order chi connectivity index (χ0) is 17.8. The van der Waals surface area contributed by atoms with Gasteiger partial charge in [0.05, 0.1) is 18.3 Å². The molecule has 1 amide bonds. The Morgan fingerprint density at radius 3 is 2.92 bits per heavy atom. The van der Waals surface area contributed by atoms with Gasteiger partial charge >= 0.3 is 0 Å². The number of rotatable bonds is 6. The van der Waals surface area contributed by atoms with E-state index < -0.39 is 0 Å². The van der Waals surface area contributed by atoms with Gasteiger partial charge in [-0.15, -0.1) is 0 Å². The van der Waals surface area contributed by atoms with Gasteiger partial charge in [0.2, 0.25) is 0 Å². The molecule has 0 spiro atoms. The number of hydrogen-bond acceptors (Lipinski definition) is 6. The summed E-state index contributed by atoms with van der Waals surface area (Å²) in [6, 6.07) is 15.1. The largest absolute Gasteiger partial charge is 0.491 e. The van der Waals surface area contributed by atoms with E-state index in [0.29, 0.717) is 25.1 Å². The SMILES string of the molecule is O=C(NCCCOc1cccc2cccnc12)c1ccc2nsnc2c1. The first-order valence-electron chi connectivity index (χ1n) is 8.28. The van der Waals surface area contributed by atoms with Crippen molar-refractivity contribution in [3.63, 3.8) is 0 Å². The first kappa shape index (κ1) is 16.4. The highest BCUT2D eigenvalue weighted by Crippen LogP contribution is 2.22. The van der Waals surface area contributed by atoms with Crippen LogP contribution in [0.4, 0.5) is 0 Å². The van der Waals surface area contributed by atoms with Crippen molar-refractivity contribution in [3.8, 4) is 5.75 Å². The van der Waals surface area contributed by atoms with Crippen LogP contribution in [0.15, 0.2) is 54.7 Å². The molecule has 0 unspecified atom stereocenters. The Labute approximate surface area is 154 Å². The Kier molecular flexibility index (Phi) is 4.70. The number of para-hydroxylation sites is 1. The van der Waals surface area contributed by atoms with E-state index in [0.717, 1.165) is 39.4 Å². The van der Waals surface area contributed by atoms with Crippen LogP contribution < -0.4 is 10.1 Å². The molecule has 0 fully saturated rings. The van der Waals surface area contributed by atoms with Gasteiger partial charge < -0.3 is 10.1 Å². The van der Waals surface area contributed by atoms with E-state index >= 15 is 0 Å². The third-order valence-corrected chi connectivity index (χ3v) is 4.53. The summed E-state index contributed by atoms with van der Waals surface area (Å²) in [7, 11) is 0. The van der Waals surface area contributed by atoms with Crippen LogP contribution in [0.1, 0.15) is 16.8 Å². The summed E-state index contributed by atoms with van der Waals surface area (Å²) in [5, 5.41) is 3.95. The second-order valence-electron chi connectivity index (χ2n) is 5.76. The molecule has 7 heteroatoms. The van der Waals surface area contributed by atoms with Gasteiger partial charge in [0.1, 0.15) is 22.3 Å². The van der Waals surface area contributed by atoms with E-state index in [9.17, 15) is 4.79 Å². The highest BCUT2D eigenvalue weighted by molar-refractivity contribution is 7.00. The fourth-order valence-corrected chi connectivity index (χ4v) is 3.19. The average Bonchev–Trinajstić information content (AvgIpc) is 3.15. The van der Waals surface area contributed by atoms with Crippen LogP contribution in [0.3, 0.4) is 0 Å². The lowest BCUT2D eigenvalue weighted by Gasteiger charge is -2.09. The molecular formula is C19H16N4O2S. The highest BCUT2D eigenvalue weighted by atomic mass is 32.1. The molecular weight excluding hydrogens is 348 g/mol. The van der Waals surface area contributed by atoms with Gasteiger partial charge in [-0.1, -0.05) is 18.2 Å². The highest BCUT2D eigenvalue weighted by Gasteiger charge is 2.08. The summed E-state index contributed by atoms with van der Waals surface area (Å²) in [5.41, 5.74) is 2.99. The van der Waals surface area contributed by atoms with E-state index in [4.69, 9.17) is 4.74 Å². The third-order valence-electron chi connectivity index (χ3n) is 3.98. The van der Waals surface area contributed by atoms with Crippen molar-refractivity contribution in [1.29, 1.82) is 0 Å². The predicted molar refractivity (Wildman–Crippen MR) is 102 cm³/mol. The molecule has 4 aromatic rings. The molecule has 130 valence electrons. The molecule has 2 aromatic heterocycles. The minimum Gasteiger partial charge on any atom is -0.491 e. The van der Waals surface area contributed by atoms with E-state index in [1.807, 2.05) is 36.4 Å². The van der Waals surface area contributed by atoms with Crippen LogP contribution in [0.25, 0.3) is 21.9 Å². The molecule has 26 heavy (non-hydrogen) atoms. The average molecular weight is 364 g/mol. The first-order chi connectivity index (χ1) is 12.8. The van der Waals surface area contributed by atoms with Gasteiger partial charge in [-0.3, -0.25) is 9.78 Å². The molecule has 0 aliphatic heterocycles. The van der Waals surface area contributed by atoms with E-state index in [2.05, 4.69) is 19.0 Å². The molecule has 0 bridgehead atoms. The Bertz CT molecular complexity index is 1060. The zero-order valence-corrected chi connectivity index (χ0v) is 14.7. The van der Waals surface area contributed by atoms with Crippen LogP contribution >= 0.6 is 11.7 Å². The number of ether oxygens (including phenoxy) is 1. The van der Waals surface area contributed by atoms with Crippen molar-refractivity contribution in [2.24, 2.45) is 0 Å². The first-order valence-corrected chi connectivity index (χ1v) is 9.01. The summed E-state index contributed by atoms with van der Waals surface area (Å²) in [5.74, 6) is 0.641. The van der Waals surface area contributed by atoms with Gasteiger partial charge in [0, 0.05) is 23.7 Å². The number of hydrogen-bond donors (Lipinski definition) is 1. The number of nitrogens with zero attached hydrogens (tertiary/aromatic N) is 3. The van der Waals surface area contributed by atoms with Gasteiger partial charge in [0.25, 0.3) is 5.91 Å². The molecule has 6 nitrogen and oxygen atoms in total. The minimum atomic E-state index is -0.119. The lowest BCUT2D eigenvalue weighted by Crippen LogP contribution is -2.25. The molecule has 0 saturated carbocycles. The number of benzene rings is 2. The Balaban J connectivity index is 1.29. The molecule has 0 saturated heterocycles. The fraction of sp³-hybridized carbons (Fsp3) is 0.158. The van der Waals surface area contributed by atoms with Crippen LogP contribution in [0.5, 0.6) is 5.75 Å². The molecule has 1 N–H and O–H groups in total. The number of pyridine rings is 1. The molecule has 0 aliphatic carbocycles. The standard InChI is InChI=1S/C19H16N4O2S/c24-19(14-7-8-15-16(12-14)23-26-22-15)21-10-3-11-25-17-6-1-4-13-5-2-9-20-18(13)17/h1-2,4-9,12H,3,10-11H2,(H,21,24). The lowest BCUT2D eigenvalue weighted by atomic mass is 10.2. The van der Waals surface area contributed by atoms with Crippen molar-refractivity contribution < 1.29 is 9.53 Å². The number of carbonyl (C=O) groups is 1. The molecule has 2 aromatic carbocycles. The van der Waals surface area contributed by atoms with Gasteiger partial charge in [-0.05, 0) is 36.8 Å². The quantitative estimate of drug-likeness (QED) is 0.530. The third kappa shape index (κ3) is 3.48. The maximum absolute atomic E-state index is 12.2. The van der Waals surface area contributed by atoms with Crippen molar-refractivity contribution >= 4 is 39.6 Å². The smallest absolute Gasteiger partial charge is 0.251 e. The van der Waals surface area contributed by atoms with Gasteiger partial charge in [-0.2, -0.15) is 8.75 Å². The molecule has 4 rings (SSSR count). The Hall–Kier alpha value is -3.06. The maximum atomic E-state index is 12.2. The summed E-state index contributed by atoms with van der Waals surface area (Å²) in [6.45, 7) is 1.04. The topological polar surface area (TPSA) is 77.0 Å². The summed E-state index contributed by atoms with van der Waals surface area (Å²) >= 11 is 1.14. The number of aromatic nitrogens is 3. The summed E-state index contributed by atoms with van der Waals surface area (Å²) < 4.78 is 14.1. The maximum Gasteiger partial charge on any atom is 0.251 e. The van der Waals surface area contributed by atoms with E-state index in [1.165, 1.54) is 0 Å². The second kappa shape index (κ2) is 7.45. The van der Waals surface area contributed by atoms with Crippen molar-refractivity contribution in [2.75, 3.05) is 13.2 Å². The molecule has 0 radical (unpaired) electrons. The van der Waals surface area contributed by atoms with E-state index in [1.54, 1.807) is 18.3 Å².